The number of fused-ring (bicyclic) bond motifs is 1. The lowest BCUT2D eigenvalue weighted by atomic mass is 9.60. The number of ether oxygens (including phenoxy) is 1. The highest BCUT2D eigenvalue weighted by Gasteiger charge is 2.37. The molecule has 0 atom stereocenters. The predicted molar refractivity (Wildman–Crippen MR) is 147 cm³/mol. The molecule has 3 aromatic rings. The van der Waals surface area contributed by atoms with Gasteiger partial charge in [-0.25, -0.2) is 0 Å². The monoisotopic (exact) mass is 490 g/mol. The van der Waals surface area contributed by atoms with Gasteiger partial charge < -0.3 is 9.39 Å². The fraction of sp³-hybridized carbons (Fsp3) is 0.483. The zero-order valence-corrected chi connectivity index (χ0v) is 23.4. The molecule has 0 radical (unpaired) electrons. The Hall–Kier alpha value is -2.93. The zero-order valence-electron chi connectivity index (χ0n) is 23.4. The number of carbonyl (C=O) groups excluding carboxylic acids is 1. The van der Waals surface area contributed by atoms with Crippen LogP contribution in [-0.2, 0) is 26.2 Å². The van der Waals surface area contributed by atoms with Crippen LogP contribution in [0.4, 0.5) is 0 Å². The molecule has 0 aliphatic heterocycles. The number of rotatable bonds is 6. The van der Waals surface area contributed by atoms with E-state index in [0.29, 0.717) is 16.6 Å². The lowest BCUT2D eigenvalue weighted by Crippen LogP contribution is -2.48. The molecule has 0 saturated heterocycles. The van der Waals surface area contributed by atoms with Crippen molar-refractivity contribution < 1.29 is 14.2 Å². The first-order valence-electron chi connectivity index (χ1n) is 12.5. The Morgan fingerprint density at radius 2 is 1.69 bits per heavy atom. The number of hydrogen-bond acceptors (Lipinski definition) is 5. The van der Waals surface area contributed by atoms with Crippen molar-refractivity contribution in [2.45, 2.75) is 86.8 Å². The Balaban J connectivity index is 2.16. The molecule has 0 bridgehead atoms. The lowest BCUT2D eigenvalue weighted by Gasteiger charge is -2.41. The highest BCUT2D eigenvalue weighted by molar-refractivity contribution is 6.66. The van der Waals surface area contributed by atoms with Gasteiger partial charge >= 0.3 is 12.9 Å². The maximum Gasteiger partial charge on any atom is 0.324 e. The highest BCUT2D eigenvalue weighted by Crippen LogP contribution is 2.33. The molecule has 192 valence electrons. The first-order chi connectivity index (χ1) is 16.5. The van der Waals surface area contributed by atoms with E-state index in [4.69, 9.17) is 9.39 Å². The van der Waals surface area contributed by atoms with Crippen LogP contribution in [0.5, 0.6) is 0 Å². The summed E-state index contributed by atoms with van der Waals surface area (Å²) in [7, 11) is 0. The van der Waals surface area contributed by atoms with E-state index >= 15 is 0 Å². The van der Waals surface area contributed by atoms with Crippen LogP contribution in [0.25, 0.3) is 16.5 Å². The van der Waals surface area contributed by atoms with Gasteiger partial charge in [0.15, 0.2) is 0 Å². The summed E-state index contributed by atoms with van der Waals surface area (Å²) in [6.07, 6.45) is 1.72. The van der Waals surface area contributed by atoms with Crippen LogP contribution in [-0.4, -0.2) is 28.3 Å². The molecular weight excluding hydrogens is 451 g/mol. The minimum Gasteiger partial charge on any atom is -0.461 e. The smallest absolute Gasteiger partial charge is 0.324 e. The molecule has 0 unspecified atom stereocenters. The van der Waals surface area contributed by atoms with Crippen LogP contribution in [0, 0.1) is 5.41 Å². The summed E-state index contributed by atoms with van der Waals surface area (Å²) >= 11 is 0. The van der Waals surface area contributed by atoms with E-state index in [-0.39, 0.29) is 29.9 Å². The first-order valence-corrected chi connectivity index (χ1v) is 12.5. The number of benzene rings is 2. The van der Waals surface area contributed by atoms with Crippen LogP contribution in [0.3, 0.4) is 0 Å². The first kappa shape index (κ1) is 27.7. The number of aromatic nitrogens is 2. The fourth-order valence-corrected chi connectivity index (χ4v) is 3.97. The topological polar surface area (TPSA) is 70.4 Å². The van der Waals surface area contributed by atoms with Crippen LogP contribution in [0.2, 0.25) is 6.82 Å². The second-order valence-electron chi connectivity index (χ2n) is 12.1. The third kappa shape index (κ3) is 5.72. The van der Waals surface area contributed by atoms with Gasteiger partial charge in [-0.15, -0.1) is 0 Å². The molecule has 1 heterocycles. The van der Waals surface area contributed by atoms with Gasteiger partial charge in [0.05, 0.1) is 22.9 Å². The normalized spacial score (nSPS) is 12.6. The number of carbonyl (C=O) groups is 1. The Labute approximate surface area is 215 Å². The minimum absolute atomic E-state index is 0.0135. The summed E-state index contributed by atoms with van der Waals surface area (Å²) in [6, 6.07) is 11.5. The molecule has 0 fully saturated rings. The zero-order chi connectivity index (χ0) is 27.1. The standard InChI is InChI=1S/C29H39BN2O4/c1-19(33)35-18-23-24(30(10)36-29(8,9)28(5,6)7)12-11-13-25(23)32-26(34)22-15-14-21(27(2,3)4)16-20(22)17-31-32/h11-17H,18H2,1-10H3. The third-order valence-corrected chi connectivity index (χ3v) is 7.20. The van der Waals surface area contributed by atoms with E-state index in [1.165, 1.54) is 11.6 Å². The molecule has 36 heavy (non-hydrogen) atoms. The molecule has 0 aliphatic carbocycles. The van der Waals surface area contributed by atoms with Crippen LogP contribution in [0.15, 0.2) is 47.4 Å². The molecule has 0 saturated carbocycles. The predicted octanol–water partition coefficient (Wildman–Crippen LogP) is 5.42. The van der Waals surface area contributed by atoms with Crippen molar-refractivity contribution in [2.75, 3.05) is 0 Å². The van der Waals surface area contributed by atoms with E-state index in [0.717, 1.165) is 16.4 Å². The Bertz CT molecular complexity index is 1330. The van der Waals surface area contributed by atoms with Crippen molar-refractivity contribution in [1.29, 1.82) is 0 Å². The van der Waals surface area contributed by atoms with E-state index in [9.17, 15) is 9.59 Å². The quantitative estimate of drug-likeness (QED) is 0.341. The van der Waals surface area contributed by atoms with Gasteiger partial charge in [0.25, 0.3) is 5.56 Å². The number of nitrogens with zero attached hydrogens (tertiary/aromatic N) is 2. The summed E-state index contributed by atoms with van der Waals surface area (Å²) in [5.41, 5.74) is 2.47. The van der Waals surface area contributed by atoms with Crippen molar-refractivity contribution in [1.82, 2.24) is 9.78 Å². The van der Waals surface area contributed by atoms with E-state index in [1.54, 1.807) is 6.20 Å². The molecule has 0 amide bonds. The maximum absolute atomic E-state index is 13.6. The van der Waals surface area contributed by atoms with E-state index in [1.807, 2.05) is 43.2 Å². The molecule has 0 spiro atoms. The fourth-order valence-electron chi connectivity index (χ4n) is 3.97. The van der Waals surface area contributed by atoms with Crippen molar-refractivity contribution in [3.63, 3.8) is 0 Å². The molecule has 2 aromatic carbocycles. The van der Waals surface area contributed by atoms with Gasteiger partial charge in [0.1, 0.15) is 6.61 Å². The summed E-state index contributed by atoms with van der Waals surface area (Å²) in [5, 5.41) is 5.90. The second kappa shape index (κ2) is 9.85. The third-order valence-electron chi connectivity index (χ3n) is 7.20. The van der Waals surface area contributed by atoms with E-state index < -0.39 is 11.6 Å². The van der Waals surface area contributed by atoms with Gasteiger partial charge in [-0.2, -0.15) is 9.78 Å². The van der Waals surface area contributed by atoms with Crippen LogP contribution in [0.1, 0.15) is 73.4 Å². The molecular formula is C29H39BN2O4. The average molecular weight is 490 g/mol. The van der Waals surface area contributed by atoms with Crippen molar-refractivity contribution in [3.05, 3.63) is 64.1 Å². The van der Waals surface area contributed by atoms with Crippen LogP contribution >= 0.6 is 0 Å². The maximum atomic E-state index is 13.6. The summed E-state index contributed by atoms with van der Waals surface area (Å²) in [5.74, 6) is -0.395. The van der Waals surface area contributed by atoms with Crippen molar-refractivity contribution >= 4 is 29.1 Å². The summed E-state index contributed by atoms with van der Waals surface area (Å²) in [6.45, 7) is 20.0. The van der Waals surface area contributed by atoms with Crippen molar-refractivity contribution in [3.8, 4) is 5.69 Å². The number of esters is 1. The second-order valence-corrected chi connectivity index (χ2v) is 12.1. The Kier molecular flexibility index (Phi) is 7.57. The van der Waals surface area contributed by atoms with Gasteiger partial charge in [-0.3, -0.25) is 9.59 Å². The van der Waals surface area contributed by atoms with Crippen LogP contribution < -0.4 is 11.0 Å². The Morgan fingerprint density at radius 3 is 2.28 bits per heavy atom. The van der Waals surface area contributed by atoms with Gasteiger partial charge in [-0.1, -0.05) is 66.6 Å². The lowest BCUT2D eigenvalue weighted by molar-refractivity contribution is -0.142. The molecule has 3 rings (SSSR count). The largest absolute Gasteiger partial charge is 0.461 e. The van der Waals surface area contributed by atoms with Crippen molar-refractivity contribution in [2.24, 2.45) is 5.41 Å². The average Bonchev–Trinajstić information content (AvgIpc) is 2.76. The highest BCUT2D eigenvalue weighted by atomic mass is 16.5. The minimum atomic E-state index is -0.427. The van der Waals surface area contributed by atoms with Gasteiger partial charge in [0, 0.05) is 17.9 Å². The van der Waals surface area contributed by atoms with E-state index in [2.05, 4.69) is 60.5 Å². The SMILES string of the molecule is CB(OC(C)(C)C(C)(C)C)c1cccc(-n2ncc3cc(C(C)(C)C)ccc3c2=O)c1COC(C)=O. The summed E-state index contributed by atoms with van der Waals surface area (Å²) < 4.78 is 13.3. The number of hydrogen-bond donors (Lipinski definition) is 0. The van der Waals surface area contributed by atoms with Gasteiger partial charge in [0.2, 0.25) is 0 Å². The molecule has 0 aliphatic rings. The van der Waals surface area contributed by atoms with Gasteiger partial charge in [-0.05, 0) is 53.9 Å². The molecule has 6 nitrogen and oxygen atoms in total. The Morgan fingerprint density at radius 1 is 1.03 bits per heavy atom. The molecule has 0 N–H and O–H groups in total. The molecule has 7 heteroatoms. The molecule has 1 aromatic heterocycles. The summed E-state index contributed by atoms with van der Waals surface area (Å²) in [4.78, 5) is 25.3.